The standard InChI is InChI=1S/C12H22N4O/c1-11(2,3)16-9(14-15-10(16)17)12(13)7-5-4-6-8-12/h4-8,13H2,1-3H3,(H,15,17). The predicted octanol–water partition coefficient (Wildman–Crippen LogP) is 1.44. The van der Waals surface area contributed by atoms with Crippen molar-refractivity contribution in [1.29, 1.82) is 0 Å². The molecule has 17 heavy (non-hydrogen) atoms. The summed E-state index contributed by atoms with van der Waals surface area (Å²) in [6.45, 7) is 6.00. The van der Waals surface area contributed by atoms with Crippen molar-refractivity contribution >= 4 is 0 Å². The van der Waals surface area contributed by atoms with E-state index in [9.17, 15) is 4.79 Å². The molecule has 1 heterocycles. The second-order valence-electron chi connectivity index (χ2n) is 6.08. The Labute approximate surface area is 101 Å². The van der Waals surface area contributed by atoms with Crippen molar-refractivity contribution in [3.05, 3.63) is 16.3 Å². The number of H-pyrrole nitrogens is 1. The molecule has 0 saturated heterocycles. The maximum atomic E-state index is 11.9. The predicted molar refractivity (Wildman–Crippen MR) is 66.8 cm³/mol. The first-order chi connectivity index (χ1) is 7.84. The summed E-state index contributed by atoms with van der Waals surface area (Å²) in [5, 5.41) is 6.72. The van der Waals surface area contributed by atoms with Gasteiger partial charge in [-0.15, -0.1) is 0 Å². The molecule has 1 aliphatic carbocycles. The highest BCUT2D eigenvalue weighted by Crippen LogP contribution is 2.34. The van der Waals surface area contributed by atoms with Gasteiger partial charge in [0.2, 0.25) is 0 Å². The number of nitrogens with two attached hydrogens (primary N) is 1. The van der Waals surface area contributed by atoms with E-state index in [0.717, 1.165) is 31.5 Å². The zero-order valence-electron chi connectivity index (χ0n) is 10.9. The van der Waals surface area contributed by atoms with E-state index in [1.54, 1.807) is 4.57 Å². The van der Waals surface area contributed by atoms with Crippen molar-refractivity contribution in [3.8, 4) is 0 Å². The average Bonchev–Trinajstić information content (AvgIpc) is 2.61. The van der Waals surface area contributed by atoms with E-state index >= 15 is 0 Å². The summed E-state index contributed by atoms with van der Waals surface area (Å²) >= 11 is 0. The van der Waals surface area contributed by atoms with Gasteiger partial charge in [0.05, 0.1) is 5.54 Å². The third-order valence-corrected chi connectivity index (χ3v) is 3.53. The lowest BCUT2D eigenvalue weighted by Gasteiger charge is -2.35. The van der Waals surface area contributed by atoms with Gasteiger partial charge in [0, 0.05) is 5.54 Å². The van der Waals surface area contributed by atoms with E-state index in [4.69, 9.17) is 5.73 Å². The van der Waals surface area contributed by atoms with Crippen LogP contribution in [0, 0.1) is 0 Å². The lowest BCUT2D eigenvalue weighted by Crippen LogP contribution is -2.45. The summed E-state index contributed by atoms with van der Waals surface area (Å²) in [5.41, 5.74) is 5.56. The summed E-state index contributed by atoms with van der Waals surface area (Å²) in [7, 11) is 0. The van der Waals surface area contributed by atoms with Gasteiger partial charge in [-0.05, 0) is 33.6 Å². The second-order valence-corrected chi connectivity index (χ2v) is 6.08. The van der Waals surface area contributed by atoms with E-state index in [1.165, 1.54) is 6.42 Å². The van der Waals surface area contributed by atoms with Crippen molar-refractivity contribution < 1.29 is 0 Å². The zero-order chi connectivity index (χ0) is 12.7. The minimum absolute atomic E-state index is 0.164. The summed E-state index contributed by atoms with van der Waals surface area (Å²) in [4.78, 5) is 11.9. The first kappa shape index (κ1) is 12.4. The lowest BCUT2D eigenvalue weighted by molar-refractivity contribution is 0.252. The van der Waals surface area contributed by atoms with Gasteiger partial charge in [-0.2, -0.15) is 5.10 Å². The molecule has 0 aliphatic heterocycles. The van der Waals surface area contributed by atoms with Gasteiger partial charge in [-0.25, -0.2) is 9.89 Å². The van der Waals surface area contributed by atoms with Gasteiger partial charge in [0.25, 0.3) is 0 Å². The van der Waals surface area contributed by atoms with Crippen molar-refractivity contribution in [2.24, 2.45) is 5.73 Å². The lowest BCUT2D eigenvalue weighted by atomic mass is 9.81. The van der Waals surface area contributed by atoms with Gasteiger partial charge in [-0.1, -0.05) is 19.3 Å². The molecular weight excluding hydrogens is 216 g/mol. The number of aromatic amines is 1. The minimum atomic E-state index is -0.440. The highest BCUT2D eigenvalue weighted by Gasteiger charge is 2.37. The molecule has 1 aromatic heterocycles. The van der Waals surface area contributed by atoms with Gasteiger partial charge in [0.1, 0.15) is 0 Å². The highest BCUT2D eigenvalue weighted by molar-refractivity contribution is 5.08. The molecule has 5 heteroatoms. The Bertz CT molecular complexity index is 446. The van der Waals surface area contributed by atoms with Crippen LogP contribution in [0.2, 0.25) is 0 Å². The van der Waals surface area contributed by atoms with Crippen LogP contribution in [0.5, 0.6) is 0 Å². The number of aromatic nitrogens is 3. The number of nitrogens with zero attached hydrogens (tertiary/aromatic N) is 2. The van der Waals surface area contributed by atoms with Crippen LogP contribution in [0.3, 0.4) is 0 Å². The largest absolute Gasteiger partial charge is 0.343 e. The Morgan fingerprint density at radius 2 is 1.88 bits per heavy atom. The summed E-state index contributed by atoms with van der Waals surface area (Å²) < 4.78 is 1.71. The van der Waals surface area contributed by atoms with Crippen LogP contribution in [0.15, 0.2) is 4.79 Å². The van der Waals surface area contributed by atoms with Gasteiger partial charge < -0.3 is 5.73 Å². The Morgan fingerprint density at radius 1 is 1.29 bits per heavy atom. The summed E-state index contributed by atoms with van der Waals surface area (Å²) in [6, 6.07) is 0. The SMILES string of the molecule is CC(C)(C)n1c(C2(N)CCCCC2)n[nH]c1=O. The summed E-state index contributed by atoms with van der Waals surface area (Å²) in [6.07, 6.45) is 5.27. The van der Waals surface area contributed by atoms with Crippen LogP contribution in [0.4, 0.5) is 0 Å². The van der Waals surface area contributed by atoms with Crippen LogP contribution in [-0.4, -0.2) is 14.8 Å². The fourth-order valence-electron chi connectivity index (χ4n) is 2.66. The second kappa shape index (κ2) is 3.98. The molecule has 1 fully saturated rings. The molecule has 0 atom stereocenters. The van der Waals surface area contributed by atoms with E-state index in [0.29, 0.717) is 0 Å². The Kier molecular flexibility index (Phi) is 2.89. The molecule has 0 radical (unpaired) electrons. The van der Waals surface area contributed by atoms with Crippen LogP contribution >= 0.6 is 0 Å². The van der Waals surface area contributed by atoms with E-state index in [1.807, 2.05) is 20.8 Å². The average molecular weight is 238 g/mol. The van der Waals surface area contributed by atoms with Crippen LogP contribution in [-0.2, 0) is 11.1 Å². The first-order valence-corrected chi connectivity index (χ1v) is 6.32. The van der Waals surface area contributed by atoms with Crippen molar-refractivity contribution in [1.82, 2.24) is 14.8 Å². The molecule has 0 unspecified atom stereocenters. The first-order valence-electron chi connectivity index (χ1n) is 6.32. The number of rotatable bonds is 1. The molecule has 96 valence electrons. The molecule has 0 aromatic carbocycles. The molecule has 1 aliphatic rings. The molecule has 3 N–H and O–H groups in total. The molecule has 2 rings (SSSR count). The number of nitrogens with one attached hydrogen (secondary N) is 1. The van der Waals surface area contributed by atoms with Crippen LogP contribution in [0.25, 0.3) is 0 Å². The molecular formula is C12H22N4O. The fourth-order valence-corrected chi connectivity index (χ4v) is 2.66. The van der Waals surface area contributed by atoms with Crippen molar-refractivity contribution in [2.75, 3.05) is 0 Å². The van der Waals surface area contributed by atoms with Crippen molar-refractivity contribution in [3.63, 3.8) is 0 Å². The number of hydrogen-bond acceptors (Lipinski definition) is 3. The maximum Gasteiger partial charge on any atom is 0.343 e. The van der Waals surface area contributed by atoms with Crippen molar-refractivity contribution in [2.45, 2.75) is 64.0 Å². The van der Waals surface area contributed by atoms with Crippen LogP contribution in [0.1, 0.15) is 58.7 Å². The van der Waals surface area contributed by atoms with E-state index in [2.05, 4.69) is 10.2 Å². The monoisotopic (exact) mass is 238 g/mol. The fraction of sp³-hybridized carbons (Fsp3) is 0.833. The Hall–Kier alpha value is -1.10. The Morgan fingerprint density at radius 3 is 2.41 bits per heavy atom. The van der Waals surface area contributed by atoms with Gasteiger partial charge in [-0.3, -0.25) is 4.57 Å². The highest BCUT2D eigenvalue weighted by atomic mass is 16.1. The molecule has 0 amide bonds. The smallest absolute Gasteiger partial charge is 0.319 e. The zero-order valence-corrected chi connectivity index (χ0v) is 10.9. The van der Waals surface area contributed by atoms with E-state index < -0.39 is 5.54 Å². The quantitative estimate of drug-likeness (QED) is 0.777. The molecule has 1 aromatic rings. The Balaban J connectivity index is 2.49. The normalized spacial score (nSPS) is 20.5. The minimum Gasteiger partial charge on any atom is -0.319 e. The number of hydrogen-bond donors (Lipinski definition) is 2. The van der Waals surface area contributed by atoms with E-state index in [-0.39, 0.29) is 11.2 Å². The molecule has 0 spiro atoms. The van der Waals surface area contributed by atoms with Gasteiger partial charge in [0.15, 0.2) is 5.82 Å². The topological polar surface area (TPSA) is 76.7 Å². The third-order valence-electron chi connectivity index (χ3n) is 3.53. The summed E-state index contributed by atoms with van der Waals surface area (Å²) in [5.74, 6) is 0.717. The van der Waals surface area contributed by atoms with Crippen LogP contribution < -0.4 is 11.4 Å². The molecule has 5 nitrogen and oxygen atoms in total. The molecule has 1 saturated carbocycles. The van der Waals surface area contributed by atoms with Gasteiger partial charge >= 0.3 is 5.69 Å². The molecule has 0 bridgehead atoms. The third kappa shape index (κ3) is 2.16. The maximum absolute atomic E-state index is 11.9.